The molecule has 3 nitrogen and oxygen atoms in total. The predicted octanol–water partition coefficient (Wildman–Crippen LogP) is 5.14. The molecule has 2 rings (SSSR count). The van der Waals surface area contributed by atoms with Crippen LogP contribution in [0.4, 0.5) is 0 Å². The Kier molecular flexibility index (Phi) is 4.88. The number of hydrogen-bond donors (Lipinski definition) is 0. The minimum Gasteiger partial charge on any atom is -0.489 e. The molecule has 0 atom stereocenters. The van der Waals surface area contributed by atoms with Gasteiger partial charge in [-0.2, -0.15) is 0 Å². The van der Waals surface area contributed by atoms with Gasteiger partial charge in [-0.15, -0.1) is 0 Å². The van der Waals surface area contributed by atoms with E-state index in [0.29, 0.717) is 28.3 Å². The molecule has 0 bridgehead atoms. The van der Waals surface area contributed by atoms with Gasteiger partial charge >= 0.3 is 0 Å². The first-order valence-electron chi connectivity index (χ1n) is 5.91. The van der Waals surface area contributed by atoms with E-state index in [4.69, 9.17) is 32.7 Å². The summed E-state index contributed by atoms with van der Waals surface area (Å²) >= 11 is 11.8. The van der Waals surface area contributed by atoms with Crippen molar-refractivity contribution in [1.29, 1.82) is 0 Å². The second-order valence-electron chi connectivity index (χ2n) is 4.26. The second-order valence-corrected chi connectivity index (χ2v) is 5.10. The van der Waals surface area contributed by atoms with E-state index in [1.54, 1.807) is 18.2 Å². The van der Waals surface area contributed by atoms with Crippen LogP contribution in [0.5, 0.6) is 17.4 Å². The second kappa shape index (κ2) is 6.64. The maximum Gasteiger partial charge on any atom is 0.238 e. The lowest BCUT2D eigenvalue weighted by molar-refractivity contribution is 0.352. The molecule has 1 aromatic carbocycles. The number of halogens is 2. The fraction of sp³-hybridized carbons (Fsp3) is 0.133. The van der Waals surface area contributed by atoms with Gasteiger partial charge in [0.25, 0.3) is 0 Å². The maximum atomic E-state index is 5.99. The number of benzene rings is 1. The molecule has 0 fully saturated rings. The van der Waals surface area contributed by atoms with Gasteiger partial charge < -0.3 is 9.47 Å². The summed E-state index contributed by atoms with van der Waals surface area (Å²) < 4.78 is 11.1. The third-order valence-corrected chi connectivity index (χ3v) is 2.78. The van der Waals surface area contributed by atoms with Crippen LogP contribution in [0.25, 0.3) is 0 Å². The van der Waals surface area contributed by atoms with Crippen LogP contribution in [-0.2, 0) is 0 Å². The molecule has 5 heteroatoms. The van der Waals surface area contributed by atoms with Crippen molar-refractivity contribution in [3.63, 3.8) is 0 Å². The van der Waals surface area contributed by atoms with Crippen LogP contribution in [0.2, 0.25) is 10.0 Å². The highest BCUT2D eigenvalue weighted by Crippen LogP contribution is 2.29. The molecule has 0 aliphatic carbocycles. The molecule has 0 unspecified atom stereocenters. The molecule has 1 heterocycles. The van der Waals surface area contributed by atoms with Gasteiger partial charge in [-0.05, 0) is 42.8 Å². The Labute approximate surface area is 127 Å². The summed E-state index contributed by atoms with van der Waals surface area (Å²) in [5.41, 5.74) is 0.961. The molecule has 0 amide bonds. The Balaban J connectivity index is 2.05. The van der Waals surface area contributed by atoms with E-state index in [1.807, 2.05) is 19.1 Å². The standard InChI is InChI=1S/C15H13Cl2NO2/c1-10(2)9-19-12-3-5-13(6-4-12)20-15-14(17)7-11(16)8-18-15/h3-8H,1,9H2,2H3. The largest absolute Gasteiger partial charge is 0.489 e. The van der Waals surface area contributed by atoms with Gasteiger partial charge in [-0.3, -0.25) is 0 Å². The van der Waals surface area contributed by atoms with E-state index in [9.17, 15) is 0 Å². The molecule has 0 radical (unpaired) electrons. The molecule has 20 heavy (non-hydrogen) atoms. The Morgan fingerprint density at radius 1 is 1.20 bits per heavy atom. The summed E-state index contributed by atoms with van der Waals surface area (Å²) in [5, 5.41) is 0.825. The highest BCUT2D eigenvalue weighted by atomic mass is 35.5. The first-order chi connectivity index (χ1) is 9.54. The van der Waals surface area contributed by atoms with E-state index < -0.39 is 0 Å². The molecule has 0 spiro atoms. The lowest BCUT2D eigenvalue weighted by Gasteiger charge is -2.08. The van der Waals surface area contributed by atoms with Gasteiger partial charge in [0.2, 0.25) is 5.88 Å². The molecule has 0 saturated heterocycles. The van der Waals surface area contributed by atoms with Crippen molar-refractivity contribution in [3.8, 4) is 17.4 Å². The Hall–Kier alpha value is -1.71. The van der Waals surface area contributed by atoms with Gasteiger partial charge in [0, 0.05) is 6.20 Å². The van der Waals surface area contributed by atoms with Crippen LogP contribution in [0.3, 0.4) is 0 Å². The van der Waals surface area contributed by atoms with Crippen LogP contribution in [0.1, 0.15) is 6.92 Å². The van der Waals surface area contributed by atoms with Gasteiger partial charge in [-0.1, -0.05) is 29.8 Å². The van der Waals surface area contributed by atoms with E-state index in [-0.39, 0.29) is 0 Å². The average Bonchev–Trinajstić information content (AvgIpc) is 2.41. The Bertz CT molecular complexity index is 612. The fourth-order valence-electron chi connectivity index (χ4n) is 1.40. The van der Waals surface area contributed by atoms with Gasteiger partial charge in [0.05, 0.1) is 5.02 Å². The summed E-state index contributed by atoms with van der Waals surface area (Å²) in [6.45, 7) is 6.18. The van der Waals surface area contributed by atoms with Crippen molar-refractivity contribution in [1.82, 2.24) is 4.98 Å². The van der Waals surface area contributed by atoms with Gasteiger partial charge in [0.15, 0.2) is 0 Å². The van der Waals surface area contributed by atoms with E-state index in [2.05, 4.69) is 11.6 Å². The lowest BCUT2D eigenvalue weighted by atomic mass is 10.3. The zero-order valence-corrected chi connectivity index (χ0v) is 12.4. The first kappa shape index (κ1) is 14.7. The van der Waals surface area contributed by atoms with Crippen molar-refractivity contribution in [2.24, 2.45) is 0 Å². The first-order valence-corrected chi connectivity index (χ1v) is 6.66. The summed E-state index contributed by atoms with van der Waals surface area (Å²) in [6, 6.07) is 8.75. The summed E-state index contributed by atoms with van der Waals surface area (Å²) in [5.74, 6) is 1.67. The lowest BCUT2D eigenvalue weighted by Crippen LogP contribution is -1.97. The molecule has 104 valence electrons. The van der Waals surface area contributed by atoms with Crippen molar-refractivity contribution < 1.29 is 9.47 Å². The van der Waals surface area contributed by atoms with Crippen LogP contribution in [0, 0.1) is 0 Å². The van der Waals surface area contributed by atoms with Crippen LogP contribution in [0.15, 0.2) is 48.7 Å². The smallest absolute Gasteiger partial charge is 0.238 e. The third-order valence-electron chi connectivity index (χ3n) is 2.30. The number of hydrogen-bond acceptors (Lipinski definition) is 3. The number of ether oxygens (including phenoxy) is 2. The van der Waals surface area contributed by atoms with Gasteiger partial charge in [-0.25, -0.2) is 4.98 Å². The van der Waals surface area contributed by atoms with Crippen LogP contribution >= 0.6 is 23.2 Å². The minimum absolute atomic E-state index is 0.312. The number of nitrogens with zero attached hydrogens (tertiary/aromatic N) is 1. The topological polar surface area (TPSA) is 31.4 Å². The van der Waals surface area contributed by atoms with E-state index >= 15 is 0 Å². The molecular weight excluding hydrogens is 297 g/mol. The predicted molar refractivity (Wildman–Crippen MR) is 81.1 cm³/mol. The van der Waals surface area contributed by atoms with Crippen molar-refractivity contribution >= 4 is 23.2 Å². The van der Waals surface area contributed by atoms with Gasteiger partial charge in [0.1, 0.15) is 23.1 Å². The maximum absolute atomic E-state index is 5.99. The van der Waals surface area contributed by atoms with Crippen molar-refractivity contribution in [3.05, 3.63) is 58.7 Å². The average molecular weight is 310 g/mol. The summed E-state index contributed by atoms with van der Waals surface area (Å²) in [4.78, 5) is 4.03. The third kappa shape index (κ3) is 4.15. The van der Waals surface area contributed by atoms with Crippen molar-refractivity contribution in [2.75, 3.05) is 6.61 Å². The Morgan fingerprint density at radius 2 is 1.85 bits per heavy atom. The molecule has 0 aliphatic heterocycles. The monoisotopic (exact) mass is 309 g/mol. The number of aromatic nitrogens is 1. The molecule has 0 N–H and O–H groups in total. The summed E-state index contributed by atoms with van der Waals surface area (Å²) in [7, 11) is 0. The highest BCUT2D eigenvalue weighted by Gasteiger charge is 2.06. The number of rotatable bonds is 5. The molecular formula is C15H13Cl2NO2. The highest BCUT2D eigenvalue weighted by molar-refractivity contribution is 6.35. The fourth-order valence-corrected chi connectivity index (χ4v) is 1.82. The molecule has 1 aromatic heterocycles. The van der Waals surface area contributed by atoms with E-state index in [1.165, 1.54) is 6.20 Å². The normalized spacial score (nSPS) is 10.2. The molecule has 0 aliphatic rings. The zero-order valence-electron chi connectivity index (χ0n) is 10.9. The summed E-state index contributed by atoms with van der Waals surface area (Å²) in [6.07, 6.45) is 1.48. The van der Waals surface area contributed by atoms with Crippen molar-refractivity contribution in [2.45, 2.75) is 6.92 Å². The van der Waals surface area contributed by atoms with Crippen LogP contribution in [-0.4, -0.2) is 11.6 Å². The van der Waals surface area contributed by atoms with E-state index in [0.717, 1.165) is 11.3 Å². The molecule has 0 saturated carbocycles. The number of pyridine rings is 1. The molecule has 2 aromatic rings. The SMILES string of the molecule is C=C(C)COc1ccc(Oc2ncc(Cl)cc2Cl)cc1. The minimum atomic E-state index is 0.312. The van der Waals surface area contributed by atoms with Crippen LogP contribution < -0.4 is 9.47 Å². The zero-order chi connectivity index (χ0) is 14.5. The quantitative estimate of drug-likeness (QED) is 0.717. The Morgan fingerprint density at radius 3 is 2.45 bits per heavy atom.